The Morgan fingerprint density at radius 1 is 1.13 bits per heavy atom. The van der Waals surface area contributed by atoms with Gasteiger partial charge in [-0.15, -0.1) is 35.3 Å². The average Bonchev–Trinajstić information content (AvgIpc) is 3.30. The molecule has 1 aromatic heterocycles. The highest BCUT2D eigenvalue weighted by molar-refractivity contribution is 14.0. The molecule has 2 aromatic rings. The summed E-state index contributed by atoms with van der Waals surface area (Å²) in [4.78, 5) is 8.40. The van der Waals surface area contributed by atoms with Crippen LogP contribution in [0.25, 0.3) is 0 Å². The standard InChI is InChI=1S/C23H34N4O2S.HI/c1-24-23(25-11-8-18-6-7-21(28-2)22(15-18)29-3)26-16-19-9-12-27(13-10-19)17-20-5-4-14-30-20;/h4-7,14-15,19H,8-13,16-17H2,1-3H3,(H2,24,25,26);1H. The lowest BCUT2D eigenvalue weighted by Gasteiger charge is -2.32. The van der Waals surface area contributed by atoms with Crippen LogP contribution in [0.1, 0.15) is 23.3 Å². The fraction of sp³-hybridized carbons (Fsp3) is 0.522. The zero-order chi connectivity index (χ0) is 21.2. The summed E-state index contributed by atoms with van der Waals surface area (Å²) < 4.78 is 10.7. The number of piperidine rings is 1. The Morgan fingerprint density at radius 2 is 1.90 bits per heavy atom. The van der Waals surface area contributed by atoms with Crippen molar-refractivity contribution >= 4 is 41.3 Å². The van der Waals surface area contributed by atoms with Crippen LogP contribution >= 0.6 is 35.3 Å². The molecule has 0 atom stereocenters. The molecule has 1 aliphatic heterocycles. The van der Waals surface area contributed by atoms with Crippen LogP contribution in [0.4, 0.5) is 0 Å². The van der Waals surface area contributed by atoms with Crippen molar-refractivity contribution in [3.05, 3.63) is 46.2 Å². The fourth-order valence-corrected chi connectivity index (χ4v) is 4.54. The molecule has 0 radical (unpaired) electrons. The number of nitrogens with zero attached hydrogens (tertiary/aromatic N) is 2. The molecule has 0 amide bonds. The van der Waals surface area contributed by atoms with E-state index >= 15 is 0 Å². The van der Waals surface area contributed by atoms with E-state index in [0.29, 0.717) is 5.92 Å². The number of benzene rings is 1. The van der Waals surface area contributed by atoms with Crippen molar-refractivity contribution in [1.82, 2.24) is 15.5 Å². The molecule has 1 saturated heterocycles. The van der Waals surface area contributed by atoms with E-state index in [1.165, 1.54) is 36.4 Å². The van der Waals surface area contributed by atoms with Crippen LogP contribution in [0.2, 0.25) is 0 Å². The zero-order valence-electron chi connectivity index (χ0n) is 18.7. The van der Waals surface area contributed by atoms with Crippen molar-refractivity contribution in [1.29, 1.82) is 0 Å². The molecule has 1 aliphatic rings. The van der Waals surface area contributed by atoms with Gasteiger partial charge in [-0.25, -0.2) is 0 Å². The highest BCUT2D eigenvalue weighted by Crippen LogP contribution is 2.27. The van der Waals surface area contributed by atoms with E-state index in [9.17, 15) is 0 Å². The summed E-state index contributed by atoms with van der Waals surface area (Å²) in [5.74, 6) is 3.10. The summed E-state index contributed by atoms with van der Waals surface area (Å²) in [6, 6.07) is 10.4. The number of aliphatic imine (C=N–C) groups is 1. The van der Waals surface area contributed by atoms with E-state index in [1.807, 2.05) is 30.5 Å². The average molecular weight is 559 g/mol. The number of rotatable bonds is 9. The number of likely N-dealkylation sites (tertiary alicyclic amines) is 1. The van der Waals surface area contributed by atoms with Crippen molar-refractivity contribution in [2.45, 2.75) is 25.8 Å². The van der Waals surface area contributed by atoms with Gasteiger partial charge in [0, 0.05) is 31.6 Å². The molecule has 0 aliphatic carbocycles. The molecule has 1 aromatic carbocycles. The fourth-order valence-electron chi connectivity index (χ4n) is 3.79. The molecule has 8 heteroatoms. The summed E-state index contributed by atoms with van der Waals surface area (Å²) in [6.45, 7) is 5.24. The molecule has 3 rings (SSSR count). The maximum Gasteiger partial charge on any atom is 0.190 e. The van der Waals surface area contributed by atoms with Crippen LogP contribution in [-0.4, -0.2) is 58.3 Å². The van der Waals surface area contributed by atoms with Gasteiger partial charge in [0.15, 0.2) is 17.5 Å². The number of hydrogen-bond acceptors (Lipinski definition) is 5. The van der Waals surface area contributed by atoms with Gasteiger partial charge in [-0.1, -0.05) is 12.1 Å². The van der Waals surface area contributed by atoms with Crippen LogP contribution in [0.3, 0.4) is 0 Å². The number of methoxy groups -OCH3 is 2. The minimum Gasteiger partial charge on any atom is -0.493 e. The minimum atomic E-state index is 0. The van der Waals surface area contributed by atoms with Crippen LogP contribution in [-0.2, 0) is 13.0 Å². The normalized spacial score (nSPS) is 15.3. The van der Waals surface area contributed by atoms with Gasteiger partial charge in [-0.3, -0.25) is 9.89 Å². The summed E-state index contributed by atoms with van der Waals surface area (Å²) in [6.07, 6.45) is 3.37. The maximum atomic E-state index is 5.38. The van der Waals surface area contributed by atoms with E-state index < -0.39 is 0 Å². The van der Waals surface area contributed by atoms with Crippen molar-refractivity contribution in [3.8, 4) is 11.5 Å². The van der Waals surface area contributed by atoms with Gasteiger partial charge in [-0.05, 0) is 67.4 Å². The lowest BCUT2D eigenvalue weighted by atomic mass is 9.97. The van der Waals surface area contributed by atoms with Crippen LogP contribution in [0.5, 0.6) is 11.5 Å². The number of guanidine groups is 1. The largest absolute Gasteiger partial charge is 0.493 e. The molecular formula is C23H35IN4O2S. The molecule has 2 heterocycles. The number of nitrogens with one attached hydrogen (secondary N) is 2. The second kappa shape index (κ2) is 13.8. The molecule has 2 N–H and O–H groups in total. The van der Waals surface area contributed by atoms with Crippen LogP contribution < -0.4 is 20.1 Å². The number of ether oxygens (including phenoxy) is 2. The van der Waals surface area contributed by atoms with Crippen molar-refractivity contribution in [2.75, 3.05) is 47.4 Å². The summed E-state index contributed by atoms with van der Waals surface area (Å²) in [5.41, 5.74) is 1.20. The van der Waals surface area contributed by atoms with Gasteiger partial charge in [0.05, 0.1) is 14.2 Å². The topological polar surface area (TPSA) is 58.1 Å². The first-order chi connectivity index (χ1) is 14.7. The predicted octanol–water partition coefficient (Wildman–Crippen LogP) is 4.00. The van der Waals surface area contributed by atoms with E-state index in [-0.39, 0.29) is 24.0 Å². The van der Waals surface area contributed by atoms with E-state index in [0.717, 1.165) is 43.5 Å². The SMILES string of the molecule is CN=C(NCCc1ccc(OC)c(OC)c1)NCC1CCN(Cc2cccs2)CC1.I. The Kier molecular flexibility index (Phi) is 11.5. The molecule has 31 heavy (non-hydrogen) atoms. The van der Waals surface area contributed by atoms with Crippen molar-refractivity contribution < 1.29 is 9.47 Å². The molecule has 6 nitrogen and oxygen atoms in total. The molecule has 172 valence electrons. The molecule has 0 unspecified atom stereocenters. The highest BCUT2D eigenvalue weighted by atomic mass is 127. The van der Waals surface area contributed by atoms with Crippen molar-refractivity contribution in [2.24, 2.45) is 10.9 Å². The number of thiophene rings is 1. The second-order valence-electron chi connectivity index (χ2n) is 7.62. The van der Waals surface area contributed by atoms with Gasteiger partial charge in [0.25, 0.3) is 0 Å². The second-order valence-corrected chi connectivity index (χ2v) is 8.65. The Labute approximate surface area is 207 Å². The van der Waals surface area contributed by atoms with E-state index in [2.05, 4.69) is 44.1 Å². The predicted molar refractivity (Wildman–Crippen MR) is 140 cm³/mol. The van der Waals surface area contributed by atoms with E-state index in [1.54, 1.807) is 14.2 Å². The van der Waals surface area contributed by atoms with Crippen LogP contribution in [0, 0.1) is 5.92 Å². The third-order valence-electron chi connectivity index (χ3n) is 5.60. The molecule has 0 saturated carbocycles. The first-order valence-corrected chi connectivity index (χ1v) is 11.5. The van der Waals surface area contributed by atoms with Gasteiger partial charge in [0.2, 0.25) is 0 Å². The van der Waals surface area contributed by atoms with Crippen LogP contribution in [0.15, 0.2) is 40.7 Å². The quantitative estimate of drug-likeness (QED) is 0.277. The number of halogens is 1. The lowest BCUT2D eigenvalue weighted by Crippen LogP contribution is -2.43. The zero-order valence-corrected chi connectivity index (χ0v) is 21.9. The van der Waals surface area contributed by atoms with E-state index in [4.69, 9.17) is 9.47 Å². The first-order valence-electron chi connectivity index (χ1n) is 10.6. The summed E-state index contributed by atoms with van der Waals surface area (Å²) in [5, 5.41) is 9.09. The van der Waals surface area contributed by atoms with Crippen molar-refractivity contribution in [3.63, 3.8) is 0 Å². The maximum absolute atomic E-state index is 5.38. The summed E-state index contributed by atoms with van der Waals surface area (Å²) >= 11 is 1.85. The highest BCUT2D eigenvalue weighted by Gasteiger charge is 2.19. The van der Waals surface area contributed by atoms with Gasteiger partial charge in [0.1, 0.15) is 0 Å². The summed E-state index contributed by atoms with van der Waals surface area (Å²) in [7, 11) is 5.15. The van der Waals surface area contributed by atoms with Gasteiger partial charge in [-0.2, -0.15) is 0 Å². The molecule has 0 bridgehead atoms. The lowest BCUT2D eigenvalue weighted by molar-refractivity contribution is 0.179. The minimum absolute atomic E-state index is 0. The van der Waals surface area contributed by atoms with Gasteiger partial charge >= 0.3 is 0 Å². The molecular weight excluding hydrogens is 523 g/mol. The smallest absolute Gasteiger partial charge is 0.190 e. The Morgan fingerprint density at radius 3 is 2.55 bits per heavy atom. The molecule has 1 fully saturated rings. The monoisotopic (exact) mass is 558 g/mol. The Hall–Kier alpha value is -1.52. The third kappa shape index (κ3) is 8.16. The molecule has 0 spiro atoms. The Bertz CT molecular complexity index is 793. The van der Waals surface area contributed by atoms with Gasteiger partial charge < -0.3 is 20.1 Å². The first kappa shape index (κ1) is 25.7. The Balaban J connectivity index is 0.00000341. The number of hydrogen-bond donors (Lipinski definition) is 2. The third-order valence-corrected chi connectivity index (χ3v) is 6.46.